The van der Waals surface area contributed by atoms with Crippen molar-refractivity contribution >= 4 is 34.7 Å². The molecule has 1 aromatic rings. The van der Waals surface area contributed by atoms with E-state index in [1.54, 1.807) is 0 Å². The van der Waals surface area contributed by atoms with Gasteiger partial charge in [0.25, 0.3) is 0 Å². The quantitative estimate of drug-likeness (QED) is 0.525. The summed E-state index contributed by atoms with van der Waals surface area (Å²) >= 11 is 11.1. The molecule has 17 heavy (non-hydrogen) atoms. The van der Waals surface area contributed by atoms with Gasteiger partial charge in [0.05, 0.1) is 16.6 Å². The highest BCUT2D eigenvalue weighted by atomic mass is 35.5. The van der Waals surface area contributed by atoms with Gasteiger partial charge in [0.15, 0.2) is 0 Å². The number of benzene rings is 1. The molecule has 0 heterocycles. The van der Waals surface area contributed by atoms with Crippen molar-refractivity contribution in [2.24, 2.45) is 10.7 Å². The van der Waals surface area contributed by atoms with Crippen LogP contribution in [0.5, 0.6) is 5.75 Å². The molecule has 0 spiro atoms. The minimum absolute atomic E-state index is 0.00285. The summed E-state index contributed by atoms with van der Waals surface area (Å²) in [6.07, 6.45) is -4.76. The number of alkyl halides is 4. The minimum atomic E-state index is -4.76. The van der Waals surface area contributed by atoms with Crippen LogP contribution < -0.4 is 10.5 Å². The van der Waals surface area contributed by atoms with E-state index in [4.69, 9.17) is 28.9 Å². The number of nitrogens with zero attached hydrogens (tertiary/aromatic N) is 1. The second-order valence-electron chi connectivity index (χ2n) is 2.90. The molecule has 1 rings (SSSR count). The molecule has 0 fully saturated rings. The Morgan fingerprint density at radius 3 is 2.53 bits per heavy atom. The lowest BCUT2D eigenvalue weighted by Gasteiger charge is -2.09. The average Bonchev–Trinajstić information content (AvgIpc) is 2.19. The highest BCUT2D eigenvalue weighted by Gasteiger charge is 2.31. The minimum Gasteiger partial charge on any atom is -0.406 e. The summed E-state index contributed by atoms with van der Waals surface area (Å²) < 4.78 is 39.4. The molecule has 0 amide bonds. The Hall–Kier alpha value is -1.14. The summed E-state index contributed by atoms with van der Waals surface area (Å²) in [7, 11) is 0. The number of hydrogen-bond donors (Lipinski definition) is 1. The highest BCUT2D eigenvalue weighted by molar-refractivity contribution is 6.33. The fraction of sp³-hybridized carbons (Fsp3) is 0.222. The average molecular weight is 287 g/mol. The van der Waals surface area contributed by atoms with E-state index in [-0.39, 0.29) is 22.4 Å². The van der Waals surface area contributed by atoms with Crippen molar-refractivity contribution in [3.63, 3.8) is 0 Å². The molecular weight excluding hydrogens is 280 g/mol. The molecular formula is C9H7Cl2F3N2O. The van der Waals surface area contributed by atoms with Gasteiger partial charge in [0, 0.05) is 6.07 Å². The Kier molecular flexibility index (Phi) is 4.47. The third kappa shape index (κ3) is 4.70. The number of halogens is 5. The van der Waals surface area contributed by atoms with Gasteiger partial charge >= 0.3 is 6.36 Å². The first-order valence-corrected chi connectivity index (χ1v) is 5.17. The summed E-state index contributed by atoms with van der Waals surface area (Å²) in [5, 5.41) is -0.0141. The Labute approximate surface area is 105 Å². The SMILES string of the molecule is NC(CCl)=Nc1ccc(OC(F)(F)F)cc1Cl. The molecule has 0 aliphatic heterocycles. The van der Waals surface area contributed by atoms with Crippen LogP contribution >= 0.6 is 23.2 Å². The molecule has 0 unspecified atom stereocenters. The van der Waals surface area contributed by atoms with E-state index in [0.717, 1.165) is 12.1 Å². The fourth-order valence-electron chi connectivity index (χ4n) is 0.960. The first-order valence-electron chi connectivity index (χ1n) is 4.26. The molecule has 0 atom stereocenters. The van der Waals surface area contributed by atoms with Gasteiger partial charge < -0.3 is 10.5 Å². The Morgan fingerprint density at radius 1 is 1.41 bits per heavy atom. The van der Waals surface area contributed by atoms with Crippen LogP contribution in [0, 0.1) is 0 Å². The lowest BCUT2D eigenvalue weighted by atomic mass is 10.3. The van der Waals surface area contributed by atoms with Gasteiger partial charge in [-0.3, -0.25) is 0 Å². The molecule has 94 valence electrons. The van der Waals surface area contributed by atoms with Gasteiger partial charge in [-0.1, -0.05) is 11.6 Å². The van der Waals surface area contributed by atoms with Crippen molar-refractivity contribution in [2.45, 2.75) is 6.36 Å². The number of amidine groups is 1. The van der Waals surface area contributed by atoms with E-state index in [1.165, 1.54) is 6.07 Å². The first kappa shape index (κ1) is 13.9. The number of rotatable bonds is 3. The van der Waals surface area contributed by atoms with Gasteiger partial charge in [-0.15, -0.1) is 24.8 Å². The Bertz CT molecular complexity index is 435. The fourth-order valence-corrected chi connectivity index (χ4v) is 1.23. The van der Waals surface area contributed by atoms with Gasteiger partial charge in [-0.05, 0) is 12.1 Å². The maximum absolute atomic E-state index is 11.9. The van der Waals surface area contributed by atoms with E-state index in [9.17, 15) is 13.2 Å². The predicted molar refractivity (Wildman–Crippen MR) is 60.1 cm³/mol. The monoisotopic (exact) mass is 286 g/mol. The van der Waals surface area contributed by atoms with Crippen molar-refractivity contribution in [2.75, 3.05) is 5.88 Å². The summed E-state index contributed by atoms with van der Waals surface area (Å²) in [6.45, 7) is 0. The Morgan fingerprint density at radius 2 is 2.06 bits per heavy atom. The van der Waals surface area contributed by atoms with Crippen LogP contribution in [0.15, 0.2) is 23.2 Å². The van der Waals surface area contributed by atoms with Crippen LogP contribution in [-0.2, 0) is 0 Å². The zero-order valence-corrected chi connectivity index (χ0v) is 9.77. The summed E-state index contributed by atoms with van der Waals surface area (Å²) in [5.74, 6) is -0.319. The smallest absolute Gasteiger partial charge is 0.406 e. The highest BCUT2D eigenvalue weighted by Crippen LogP contribution is 2.31. The van der Waals surface area contributed by atoms with Gasteiger partial charge in [-0.25, -0.2) is 4.99 Å². The molecule has 0 aliphatic rings. The van der Waals surface area contributed by atoms with Crippen LogP contribution in [0.25, 0.3) is 0 Å². The zero-order valence-electron chi connectivity index (χ0n) is 8.26. The zero-order chi connectivity index (χ0) is 13.1. The second-order valence-corrected chi connectivity index (χ2v) is 3.57. The normalized spacial score (nSPS) is 12.6. The summed E-state index contributed by atoms with van der Waals surface area (Å²) in [5.41, 5.74) is 5.58. The number of hydrogen-bond acceptors (Lipinski definition) is 2. The largest absolute Gasteiger partial charge is 0.573 e. The lowest BCUT2D eigenvalue weighted by molar-refractivity contribution is -0.274. The van der Waals surface area contributed by atoms with Crippen molar-refractivity contribution < 1.29 is 17.9 Å². The van der Waals surface area contributed by atoms with Crippen LogP contribution in [0.3, 0.4) is 0 Å². The van der Waals surface area contributed by atoms with E-state index in [1.807, 2.05) is 0 Å². The third-order valence-corrected chi connectivity index (χ3v) is 2.13. The molecule has 0 aromatic heterocycles. The standard InChI is InChI=1S/C9H7Cl2F3N2O/c10-4-8(15)16-7-2-1-5(3-6(7)11)17-9(12,13)14/h1-3H,4H2,(H2,15,16). The Balaban J connectivity index is 2.94. The molecule has 0 aliphatic carbocycles. The molecule has 2 N–H and O–H groups in total. The van der Waals surface area contributed by atoms with Gasteiger partial charge in [0.1, 0.15) is 11.6 Å². The molecule has 0 saturated carbocycles. The molecule has 0 bridgehead atoms. The molecule has 8 heteroatoms. The third-order valence-electron chi connectivity index (χ3n) is 1.55. The number of ether oxygens (including phenoxy) is 1. The molecule has 1 aromatic carbocycles. The van der Waals surface area contributed by atoms with Gasteiger partial charge in [-0.2, -0.15) is 0 Å². The summed E-state index contributed by atoms with van der Waals surface area (Å²) in [6, 6.07) is 3.33. The lowest BCUT2D eigenvalue weighted by Crippen LogP contribution is -2.17. The van der Waals surface area contributed by atoms with Crippen LogP contribution in [0.1, 0.15) is 0 Å². The molecule has 0 saturated heterocycles. The van der Waals surface area contributed by atoms with Crippen LogP contribution in [-0.4, -0.2) is 18.1 Å². The maximum Gasteiger partial charge on any atom is 0.573 e. The van der Waals surface area contributed by atoms with E-state index < -0.39 is 12.1 Å². The van der Waals surface area contributed by atoms with E-state index >= 15 is 0 Å². The number of aliphatic imine (C=N–C) groups is 1. The first-order chi connectivity index (χ1) is 7.81. The summed E-state index contributed by atoms with van der Waals surface area (Å²) in [4.78, 5) is 3.81. The predicted octanol–water partition coefficient (Wildman–Crippen LogP) is 3.47. The second kappa shape index (κ2) is 5.46. The van der Waals surface area contributed by atoms with E-state index in [2.05, 4.69) is 9.73 Å². The maximum atomic E-state index is 11.9. The number of nitrogens with two attached hydrogens (primary N) is 1. The van der Waals surface area contributed by atoms with Crippen molar-refractivity contribution in [3.05, 3.63) is 23.2 Å². The van der Waals surface area contributed by atoms with Crippen molar-refractivity contribution in [1.82, 2.24) is 0 Å². The van der Waals surface area contributed by atoms with Gasteiger partial charge in [0.2, 0.25) is 0 Å². The van der Waals surface area contributed by atoms with Crippen molar-refractivity contribution in [1.29, 1.82) is 0 Å². The van der Waals surface area contributed by atoms with E-state index in [0.29, 0.717) is 0 Å². The van der Waals surface area contributed by atoms with Crippen molar-refractivity contribution in [3.8, 4) is 5.75 Å². The molecule has 0 radical (unpaired) electrons. The van der Waals surface area contributed by atoms with Crippen LogP contribution in [0.4, 0.5) is 18.9 Å². The topological polar surface area (TPSA) is 47.6 Å². The van der Waals surface area contributed by atoms with Crippen LogP contribution in [0.2, 0.25) is 5.02 Å². The molecule has 3 nitrogen and oxygen atoms in total.